The maximum atomic E-state index is 6.53. The van der Waals surface area contributed by atoms with E-state index in [1.165, 1.54) is 25.9 Å². The van der Waals surface area contributed by atoms with E-state index in [1.54, 1.807) is 11.2 Å². The molecule has 31 heavy (non-hydrogen) atoms. The Labute approximate surface area is 180 Å². The number of benzene rings is 2. The van der Waals surface area contributed by atoms with Crippen LogP contribution in [0.1, 0.15) is 18.4 Å². The van der Waals surface area contributed by atoms with Gasteiger partial charge in [-0.05, 0) is 50.2 Å². The lowest BCUT2D eigenvalue weighted by atomic mass is 10.1. The first-order valence-corrected chi connectivity index (χ1v) is 10.5. The maximum Gasteiger partial charge on any atom is 0.215 e. The zero-order valence-corrected chi connectivity index (χ0v) is 17.2. The first-order chi connectivity index (χ1) is 15.1. The number of aromatic nitrogens is 2. The molecule has 0 aliphatic carbocycles. The van der Waals surface area contributed by atoms with Gasteiger partial charge in [0.25, 0.3) is 0 Å². The Hall–Kier alpha value is -3.27. The van der Waals surface area contributed by atoms with Crippen LogP contribution in [-0.2, 0) is 5.79 Å². The fraction of sp³-hybridized carbons (Fsp3) is 0.318. The van der Waals surface area contributed by atoms with E-state index in [4.69, 9.17) is 16.2 Å². The molecule has 0 saturated carbocycles. The monoisotopic (exact) mass is 418 g/mol. The van der Waals surface area contributed by atoms with Crippen LogP contribution in [0.15, 0.2) is 59.7 Å². The number of nitrogens with two attached hydrogens (primary N) is 2. The Morgan fingerprint density at radius 3 is 2.55 bits per heavy atom. The summed E-state index contributed by atoms with van der Waals surface area (Å²) in [6, 6.07) is 15.2. The molecule has 5 N–H and O–H groups in total. The van der Waals surface area contributed by atoms with Gasteiger partial charge in [-0.15, -0.1) is 0 Å². The van der Waals surface area contributed by atoms with Crippen molar-refractivity contribution in [3.8, 4) is 5.75 Å². The Morgan fingerprint density at radius 2 is 1.77 bits per heavy atom. The highest BCUT2D eigenvalue weighted by atomic mass is 16.5. The molecule has 5 rings (SSSR count). The number of likely N-dealkylation sites (tertiary alicyclic amines) is 1. The van der Waals surface area contributed by atoms with Crippen LogP contribution in [0.4, 0.5) is 5.82 Å². The van der Waals surface area contributed by atoms with E-state index >= 15 is 0 Å². The van der Waals surface area contributed by atoms with Gasteiger partial charge in [0.1, 0.15) is 12.4 Å². The molecule has 0 bridgehead atoms. The van der Waals surface area contributed by atoms with Crippen molar-refractivity contribution in [2.24, 2.45) is 16.5 Å². The molecule has 1 atom stereocenters. The SMILES string of the molecule is NC1=NC(N)(c2ccc(OCCN3CCCC3)cc2)NN1c1cnc2ccccc2n1. The Kier molecular flexibility index (Phi) is 5.14. The van der Waals surface area contributed by atoms with Crippen molar-refractivity contribution in [3.05, 3.63) is 60.3 Å². The quantitative estimate of drug-likeness (QED) is 0.551. The molecule has 9 heteroatoms. The van der Waals surface area contributed by atoms with Gasteiger partial charge in [-0.25, -0.2) is 15.0 Å². The zero-order valence-electron chi connectivity index (χ0n) is 17.2. The van der Waals surface area contributed by atoms with Crippen LogP contribution in [0.25, 0.3) is 11.0 Å². The fourth-order valence-electron chi connectivity index (χ4n) is 3.95. The van der Waals surface area contributed by atoms with Crippen LogP contribution < -0.4 is 26.6 Å². The average Bonchev–Trinajstić information content (AvgIpc) is 3.42. The van der Waals surface area contributed by atoms with Gasteiger partial charge >= 0.3 is 0 Å². The molecule has 0 spiro atoms. The minimum Gasteiger partial charge on any atom is -0.492 e. The highest BCUT2D eigenvalue weighted by Gasteiger charge is 2.37. The third-order valence-corrected chi connectivity index (χ3v) is 5.64. The second-order valence-corrected chi connectivity index (χ2v) is 7.82. The summed E-state index contributed by atoms with van der Waals surface area (Å²) in [6.07, 6.45) is 4.21. The zero-order chi connectivity index (χ0) is 21.3. The first-order valence-electron chi connectivity index (χ1n) is 10.5. The lowest BCUT2D eigenvalue weighted by Gasteiger charge is -2.25. The van der Waals surface area contributed by atoms with E-state index in [0.717, 1.165) is 28.9 Å². The number of guanidine groups is 1. The lowest BCUT2D eigenvalue weighted by molar-refractivity contribution is 0.237. The summed E-state index contributed by atoms with van der Waals surface area (Å²) >= 11 is 0. The molecule has 2 aliphatic rings. The summed E-state index contributed by atoms with van der Waals surface area (Å²) < 4.78 is 5.88. The van der Waals surface area contributed by atoms with Crippen LogP contribution >= 0.6 is 0 Å². The molecule has 2 aliphatic heterocycles. The third-order valence-electron chi connectivity index (χ3n) is 5.64. The van der Waals surface area contributed by atoms with Crippen LogP contribution in [0.5, 0.6) is 5.75 Å². The minimum absolute atomic E-state index is 0.220. The van der Waals surface area contributed by atoms with Crippen molar-refractivity contribution in [2.45, 2.75) is 18.6 Å². The summed E-state index contributed by atoms with van der Waals surface area (Å²) in [5, 5.41) is 1.56. The highest BCUT2D eigenvalue weighted by Crippen LogP contribution is 2.26. The Balaban J connectivity index is 1.27. The fourth-order valence-corrected chi connectivity index (χ4v) is 3.95. The van der Waals surface area contributed by atoms with Crippen LogP contribution in [-0.4, -0.2) is 47.1 Å². The predicted molar refractivity (Wildman–Crippen MR) is 120 cm³/mol. The third kappa shape index (κ3) is 4.02. The number of aliphatic imine (C=N–C) groups is 1. The number of rotatable bonds is 6. The molecule has 1 fully saturated rings. The van der Waals surface area contributed by atoms with Gasteiger partial charge in [0.2, 0.25) is 11.7 Å². The molecule has 1 unspecified atom stereocenters. The molecule has 3 aromatic rings. The lowest BCUT2D eigenvalue weighted by Crippen LogP contribution is -2.53. The van der Waals surface area contributed by atoms with Crippen LogP contribution in [0.3, 0.4) is 0 Å². The van der Waals surface area contributed by atoms with Gasteiger partial charge in [0, 0.05) is 12.1 Å². The molecular weight excluding hydrogens is 392 g/mol. The molecule has 9 nitrogen and oxygen atoms in total. The Morgan fingerprint density at radius 1 is 1.03 bits per heavy atom. The number of hydrogen-bond acceptors (Lipinski definition) is 9. The summed E-state index contributed by atoms with van der Waals surface area (Å²) in [5.41, 5.74) is 18.2. The van der Waals surface area contributed by atoms with Crippen molar-refractivity contribution >= 4 is 22.8 Å². The number of fused-ring (bicyclic) bond motifs is 1. The maximum absolute atomic E-state index is 6.53. The summed E-state index contributed by atoms with van der Waals surface area (Å²) in [5.74, 6) is 0.344. The highest BCUT2D eigenvalue weighted by molar-refractivity contribution is 5.95. The van der Waals surface area contributed by atoms with Gasteiger partial charge < -0.3 is 10.5 Å². The van der Waals surface area contributed by atoms with Crippen molar-refractivity contribution in [3.63, 3.8) is 0 Å². The van der Waals surface area contributed by atoms with Crippen molar-refractivity contribution in [1.29, 1.82) is 0 Å². The second kappa shape index (κ2) is 8.10. The molecule has 3 heterocycles. The van der Waals surface area contributed by atoms with Crippen molar-refractivity contribution in [2.75, 3.05) is 31.3 Å². The molecule has 1 saturated heterocycles. The van der Waals surface area contributed by atoms with Gasteiger partial charge in [0.05, 0.1) is 17.2 Å². The molecular formula is C22H26N8O. The number of hydrazine groups is 1. The number of nitrogens with zero attached hydrogens (tertiary/aromatic N) is 5. The minimum atomic E-state index is -1.20. The van der Waals surface area contributed by atoms with Crippen LogP contribution in [0, 0.1) is 0 Å². The number of anilines is 1. The molecule has 0 amide bonds. The Bertz CT molecular complexity index is 1100. The van der Waals surface area contributed by atoms with Gasteiger partial charge in [0.15, 0.2) is 5.82 Å². The summed E-state index contributed by atoms with van der Waals surface area (Å²) in [4.78, 5) is 15.9. The number of hydrogen-bond donors (Lipinski definition) is 3. The van der Waals surface area contributed by atoms with Gasteiger partial charge in [-0.3, -0.25) is 15.6 Å². The van der Waals surface area contributed by atoms with E-state index < -0.39 is 5.79 Å². The van der Waals surface area contributed by atoms with Gasteiger partial charge in [-0.1, -0.05) is 24.3 Å². The summed E-state index contributed by atoms with van der Waals surface area (Å²) in [6.45, 7) is 3.96. The molecule has 1 aromatic heterocycles. The predicted octanol–water partition coefficient (Wildman–Crippen LogP) is 1.51. The summed E-state index contributed by atoms with van der Waals surface area (Å²) in [7, 11) is 0. The molecule has 0 radical (unpaired) electrons. The number of para-hydroxylation sites is 2. The molecule has 2 aromatic carbocycles. The van der Waals surface area contributed by atoms with E-state index in [9.17, 15) is 0 Å². The van der Waals surface area contributed by atoms with Crippen LogP contribution in [0.2, 0.25) is 0 Å². The standard InChI is InChI=1S/C22H26N8O/c23-21-27-22(24,28-30(21)20-15-25-18-5-1-2-6-19(18)26-20)16-7-9-17(10-8-16)31-14-13-29-11-3-4-12-29/h1-2,5-10,15,28H,3-4,11-14,24H2,(H2,23,27). The van der Waals surface area contributed by atoms with Crippen molar-refractivity contribution < 1.29 is 4.74 Å². The number of nitrogens with one attached hydrogen (secondary N) is 1. The van der Waals surface area contributed by atoms with E-state index in [0.29, 0.717) is 12.4 Å². The van der Waals surface area contributed by atoms with E-state index in [2.05, 4.69) is 25.3 Å². The largest absolute Gasteiger partial charge is 0.492 e. The normalized spacial score (nSPS) is 21.6. The van der Waals surface area contributed by atoms with E-state index in [-0.39, 0.29) is 5.96 Å². The first kappa shape index (κ1) is 19.7. The second-order valence-electron chi connectivity index (χ2n) is 7.82. The smallest absolute Gasteiger partial charge is 0.215 e. The topological polar surface area (TPSA) is 118 Å². The van der Waals surface area contributed by atoms with E-state index in [1.807, 2.05) is 48.5 Å². The average molecular weight is 419 g/mol. The molecule has 160 valence electrons. The van der Waals surface area contributed by atoms with Gasteiger partial charge in [-0.2, -0.15) is 5.43 Å². The number of ether oxygens (including phenoxy) is 1. The van der Waals surface area contributed by atoms with Crippen molar-refractivity contribution in [1.82, 2.24) is 20.3 Å².